The van der Waals surface area contributed by atoms with Crippen LogP contribution < -0.4 is 10.6 Å². The summed E-state index contributed by atoms with van der Waals surface area (Å²) in [5.74, 6) is -0.260. The van der Waals surface area contributed by atoms with Gasteiger partial charge in [0, 0.05) is 5.38 Å². The highest BCUT2D eigenvalue weighted by Crippen LogP contribution is 2.20. The van der Waals surface area contributed by atoms with Crippen LogP contribution in [-0.4, -0.2) is 16.8 Å². The number of aryl methyl sites for hydroxylation is 1. The number of anilines is 1. The van der Waals surface area contributed by atoms with E-state index in [1.807, 2.05) is 49.6 Å². The minimum absolute atomic E-state index is 0.0188. The highest BCUT2D eigenvalue weighted by atomic mass is 32.1. The van der Waals surface area contributed by atoms with E-state index < -0.39 is 0 Å². The second-order valence-corrected chi connectivity index (χ2v) is 8.00. The number of benzene rings is 1. The van der Waals surface area contributed by atoms with E-state index >= 15 is 0 Å². The first-order valence-electron chi connectivity index (χ1n) is 8.70. The number of hydrogen-bond acceptors (Lipinski definition) is 5. The van der Waals surface area contributed by atoms with Crippen molar-refractivity contribution >= 4 is 39.6 Å². The normalized spacial score (nSPS) is 11.8. The van der Waals surface area contributed by atoms with Crippen molar-refractivity contribution < 1.29 is 9.59 Å². The van der Waals surface area contributed by atoms with Gasteiger partial charge in [0.25, 0.3) is 5.91 Å². The van der Waals surface area contributed by atoms with E-state index in [2.05, 4.69) is 15.6 Å². The zero-order valence-corrected chi connectivity index (χ0v) is 16.8. The van der Waals surface area contributed by atoms with Crippen LogP contribution >= 0.6 is 22.7 Å². The molecule has 2 N–H and O–H groups in total. The summed E-state index contributed by atoms with van der Waals surface area (Å²) < 4.78 is 0. The Hall–Kier alpha value is -2.51. The van der Waals surface area contributed by atoms with E-state index in [1.165, 1.54) is 28.2 Å². The Kier molecular flexibility index (Phi) is 6.36. The smallest absolute Gasteiger partial charge is 0.267 e. The maximum atomic E-state index is 12.4. The van der Waals surface area contributed by atoms with Gasteiger partial charge in [-0.25, -0.2) is 4.98 Å². The fraction of sp³-hybridized carbons (Fsp3) is 0.250. The van der Waals surface area contributed by atoms with Gasteiger partial charge in [0.15, 0.2) is 5.13 Å². The molecule has 0 saturated heterocycles. The van der Waals surface area contributed by atoms with Crippen LogP contribution in [0.25, 0.3) is 0 Å². The number of amides is 2. The third-order valence-corrected chi connectivity index (χ3v) is 5.76. The van der Waals surface area contributed by atoms with Gasteiger partial charge < -0.3 is 5.32 Å². The van der Waals surface area contributed by atoms with Gasteiger partial charge in [-0.05, 0) is 30.4 Å². The monoisotopic (exact) mass is 399 g/mol. The molecule has 2 heterocycles. The number of hydrogen-bond donors (Lipinski definition) is 2. The zero-order chi connectivity index (χ0) is 19.2. The molecule has 0 spiro atoms. The quantitative estimate of drug-likeness (QED) is 0.611. The molecule has 3 aromatic rings. The topological polar surface area (TPSA) is 71.1 Å². The van der Waals surface area contributed by atoms with Crippen molar-refractivity contribution in [2.45, 2.75) is 32.7 Å². The van der Waals surface area contributed by atoms with E-state index in [1.54, 1.807) is 11.4 Å². The summed E-state index contributed by atoms with van der Waals surface area (Å²) in [5, 5.41) is 9.99. The third kappa shape index (κ3) is 5.24. The van der Waals surface area contributed by atoms with E-state index in [0.717, 1.165) is 12.0 Å². The fourth-order valence-corrected chi connectivity index (χ4v) is 3.97. The molecule has 0 saturated carbocycles. The van der Waals surface area contributed by atoms with Crippen LogP contribution in [-0.2, 0) is 11.2 Å². The maximum Gasteiger partial charge on any atom is 0.267 e. The molecule has 2 aromatic heterocycles. The summed E-state index contributed by atoms with van der Waals surface area (Å²) >= 11 is 2.70. The van der Waals surface area contributed by atoms with Gasteiger partial charge in [0.2, 0.25) is 5.91 Å². The fourth-order valence-electron chi connectivity index (χ4n) is 2.64. The highest BCUT2D eigenvalue weighted by Gasteiger charge is 2.15. The SMILES string of the molecule is CCC(NC(=O)Cc1csc(NC(=O)c2cccs2)n1)c1ccc(C)cc1. The Morgan fingerprint density at radius 1 is 1.15 bits per heavy atom. The van der Waals surface area contributed by atoms with Crippen molar-refractivity contribution in [3.8, 4) is 0 Å². The molecular weight excluding hydrogens is 378 g/mol. The van der Waals surface area contributed by atoms with Crippen LogP contribution in [0.3, 0.4) is 0 Å². The number of carbonyl (C=O) groups is 2. The summed E-state index contributed by atoms with van der Waals surface area (Å²) in [5.41, 5.74) is 2.94. The molecule has 7 heteroatoms. The minimum atomic E-state index is -0.180. The second-order valence-electron chi connectivity index (χ2n) is 6.19. The summed E-state index contributed by atoms with van der Waals surface area (Å²) in [7, 11) is 0. The van der Waals surface area contributed by atoms with E-state index in [0.29, 0.717) is 15.7 Å². The van der Waals surface area contributed by atoms with Crippen LogP contribution in [0.2, 0.25) is 0 Å². The van der Waals surface area contributed by atoms with Crippen LogP contribution in [0, 0.1) is 6.92 Å². The van der Waals surface area contributed by atoms with Crippen molar-refractivity contribution in [3.05, 3.63) is 68.9 Å². The molecule has 0 bridgehead atoms. The molecule has 1 atom stereocenters. The first kappa shape index (κ1) is 19.3. The Bertz CT molecular complexity index is 902. The molecule has 3 rings (SSSR count). The Morgan fingerprint density at radius 2 is 1.93 bits per heavy atom. The summed E-state index contributed by atoms with van der Waals surface area (Å²) in [6.45, 7) is 4.09. The Labute approximate surface area is 166 Å². The molecule has 140 valence electrons. The number of nitrogens with one attached hydrogen (secondary N) is 2. The van der Waals surface area contributed by atoms with Gasteiger partial charge in [0.05, 0.1) is 23.0 Å². The van der Waals surface area contributed by atoms with Crippen LogP contribution in [0.15, 0.2) is 47.2 Å². The minimum Gasteiger partial charge on any atom is -0.349 e. The zero-order valence-electron chi connectivity index (χ0n) is 15.2. The second kappa shape index (κ2) is 8.92. The first-order valence-corrected chi connectivity index (χ1v) is 10.5. The van der Waals surface area contributed by atoms with E-state index in [-0.39, 0.29) is 24.3 Å². The van der Waals surface area contributed by atoms with Crippen molar-refractivity contribution in [1.82, 2.24) is 10.3 Å². The molecule has 0 radical (unpaired) electrons. The van der Waals surface area contributed by atoms with Gasteiger partial charge in [0.1, 0.15) is 0 Å². The van der Waals surface area contributed by atoms with Gasteiger partial charge in [-0.2, -0.15) is 0 Å². The third-order valence-electron chi connectivity index (χ3n) is 4.08. The van der Waals surface area contributed by atoms with E-state index in [9.17, 15) is 9.59 Å². The molecule has 5 nitrogen and oxygen atoms in total. The van der Waals surface area contributed by atoms with Crippen molar-refractivity contribution in [3.63, 3.8) is 0 Å². The molecule has 1 aromatic carbocycles. The standard InChI is InChI=1S/C20H21N3O2S2/c1-3-16(14-8-6-13(2)7-9-14)22-18(24)11-15-12-27-20(21-15)23-19(25)17-5-4-10-26-17/h4-10,12,16H,3,11H2,1-2H3,(H,22,24)(H,21,23,25). The lowest BCUT2D eigenvalue weighted by Crippen LogP contribution is -2.29. The molecule has 0 fully saturated rings. The number of rotatable bonds is 7. The predicted molar refractivity (Wildman–Crippen MR) is 110 cm³/mol. The Balaban J connectivity index is 1.57. The molecular formula is C20H21N3O2S2. The lowest BCUT2D eigenvalue weighted by atomic mass is 10.0. The molecule has 0 aliphatic rings. The molecule has 27 heavy (non-hydrogen) atoms. The highest BCUT2D eigenvalue weighted by molar-refractivity contribution is 7.14. The number of aromatic nitrogens is 1. The molecule has 1 unspecified atom stereocenters. The molecule has 2 amide bonds. The summed E-state index contributed by atoms with van der Waals surface area (Å²) in [4.78, 5) is 29.4. The number of carbonyl (C=O) groups excluding carboxylic acids is 2. The lowest BCUT2D eigenvalue weighted by Gasteiger charge is -2.17. The Morgan fingerprint density at radius 3 is 2.59 bits per heavy atom. The average molecular weight is 400 g/mol. The van der Waals surface area contributed by atoms with Crippen molar-refractivity contribution in [2.24, 2.45) is 0 Å². The van der Waals surface area contributed by atoms with Crippen molar-refractivity contribution in [2.75, 3.05) is 5.32 Å². The van der Waals surface area contributed by atoms with Gasteiger partial charge in [-0.15, -0.1) is 22.7 Å². The van der Waals surface area contributed by atoms with Crippen molar-refractivity contribution in [1.29, 1.82) is 0 Å². The van der Waals surface area contributed by atoms with Gasteiger partial charge in [-0.3, -0.25) is 14.9 Å². The van der Waals surface area contributed by atoms with Crippen LogP contribution in [0.5, 0.6) is 0 Å². The van der Waals surface area contributed by atoms with E-state index in [4.69, 9.17) is 0 Å². The lowest BCUT2D eigenvalue weighted by molar-refractivity contribution is -0.121. The van der Waals surface area contributed by atoms with Gasteiger partial charge >= 0.3 is 0 Å². The number of thiophene rings is 1. The first-order chi connectivity index (χ1) is 13.0. The van der Waals surface area contributed by atoms with Crippen LogP contribution in [0.4, 0.5) is 5.13 Å². The molecule has 0 aliphatic heterocycles. The summed E-state index contributed by atoms with van der Waals surface area (Å²) in [6.07, 6.45) is 1.00. The number of thiazole rings is 1. The predicted octanol–water partition coefficient (Wildman–Crippen LogP) is 4.58. The largest absolute Gasteiger partial charge is 0.349 e. The molecule has 0 aliphatic carbocycles. The summed E-state index contributed by atoms with van der Waals surface area (Å²) in [6, 6.07) is 11.8. The van der Waals surface area contributed by atoms with Gasteiger partial charge in [-0.1, -0.05) is 42.8 Å². The maximum absolute atomic E-state index is 12.4. The number of nitrogens with zero attached hydrogens (tertiary/aromatic N) is 1. The van der Waals surface area contributed by atoms with Crippen LogP contribution in [0.1, 0.15) is 45.9 Å². The average Bonchev–Trinajstić information content (AvgIpc) is 3.33.